The van der Waals surface area contributed by atoms with E-state index in [1.807, 2.05) is 43.3 Å². The van der Waals surface area contributed by atoms with E-state index in [1.165, 1.54) is 0 Å². The van der Waals surface area contributed by atoms with Crippen LogP contribution in [0.2, 0.25) is 0 Å². The molecule has 2 N–H and O–H groups in total. The molecule has 19 heavy (non-hydrogen) atoms. The summed E-state index contributed by atoms with van der Waals surface area (Å²) in [4.78, 5) is 0. The third-order valence-electron chi connectivity index (χ3n) is 2.84. The minimum Gasteiger partial charge on any atom is -0.493 e. The van der Waals surface area contributed by atoms with Gasteiger partial charge < -0.3 is 19.9 Å². The van der Waals surface area contributed by atoms with Crippen molar-refractivity contribution >= 4 is 5.69 Å². The van der Waals surface area contributed by atoms with Gasteiger partial charge >= 0.3 is 0 Å². The fourth-order valence-electron chi connectivity index (χ4n) is 1.75. The Morgan fingerprint density at radius 2 is 1.58 bits per heavy atom. The largest absolute Gasteiger partial charge is 0.493 e. The van der Waals surface area contributed by atoms with Crippen LogP contribution in [0.4, 0.5) is 5.69 Å². The fraction of sp³-hybridized carbons (Fsp3) is 0.200. The minimum atomic E-state index is 0.552. The molecule has 0 amide bonds. The molecule has 0 spiro atoms. The molecule has 0 heterocycles. The van der Waals surface area contributed by atoms with Crippen LogP contribution in [0.1, 0.15) is 5.56 Å². The molecule has 4 heteroatoms. The van der Waals surface area contributed by atoms with Crippen LogP contribution in [0.3, 0.4) is 0 Å². The first-order valence-corrected chi connectivity index (χ1v) is 5.90. The van der Waals surface area contributed by atoms with Crippen LogP contribution in [0.25, 0.3) is 0 Å². The van der Waals surface area contributed by atoms with Gasteiger partial charge in [-0.25, -0.2) is 0 Å². The molecular weight excluding hydrogens is 242 g/mol. The number of aryl methyl sites for hydroxylation is 1. The fourth-order valence-corrected chi connectivity index (χ4v) is 1.75. The van der Waals surface area contributed by atoms with Crippen LogP contribution >= 0.6 is 0 Å². The lowest BCUT2D eigenvalue weighted by molar-refractivity contribution is 0.346. The van der Waals surface area contributed by atoms with E-state index in [0.717, 1.165) is 11.3 Å². The predicted octanol–water partition coefficient (Wildman–Crippen LogP) is 3.39. The van der Waals surface area contributed by atoms with Gasteiger partial charge in [-0.3, -0.25) is 0 Å². The first-order chi connectivity index (χ1) is 9.15. The Morgan fingerprint density at radius 3 is 2.11 bits per heavy atom. The molecular formula is C15H17NO3. The lowest BCUT2D eigenvalue weighted by Crippen LogP contribution is -1.95. The van der Waals surface area contributed by atoms with Crippen molar-refractivity contribution < 1.29 is 14.2 Å². The van der Waals surface area contributed by atoms with Crippen molar-refractivity contribution in [2.24, 2.45) is 0 Å². The molecule has 0 aliphatic rings. The number of hydrogen-bond acceptors (Lipinski definition) is 4. The highest BCUT2D eigenvalue weighted by molar-refractivity contribution is 5.55. The average molecular weight is 259 g/mol. The van der Waals surface area contributed by atoms with Gasteiger partial charge in [-0.2, -0.15) is 0 Å². The van der Waals surface area contributed by atoms with Gasteiger partial charge in [0.2, 0.25) is 5.75 Å². The molecule has 100 valence electrons. The summed E-state index contributed by atoms with van der Waals surface area (Å²) < 4.78 is 16.4. The van der Waals surface area contributed by atoms with Crippen LogP contribution in [-0.2, 0) is 0 Å². The summed E-state index contributed by atoms with van der Waals surface area (Å²) in [6.07, 6.45) is 0. The molecule has 0 fully saturated rings. The summed E-state index contributed by atoms with van der Waals surface area (Å²) in [7, 11) is 3.19. The Bertz CT molecular complexity index is 559. The van der Waals surface area contributed by atoms with Crippen molar-refractivity contribution in [1.82, 2.24) is 0 Å². The topological polar surface area (TPSA) is 53.7 Å². The number of benzene rings is 2. The van der Waals surface area contributed by atoms with E-state index < -0.39 is 0 Å². The van der Waals surface area contributed by atoms with E-state index >= 15 is 0 Å². The van der Waals surface area contributed by atoms with Crippen molar-refractivity contribution in [2.45, 2.75) is 6.92 Å². The number of nitrogens with two attached hydrogens (primary N) is 1. The number of para-hydroxylation sites is 1. The number of ether oxygens (including phenoxy) is 3. The molecule has 0 aromatic heterocycles. The molecule has 2 rings (SSSR count). The zero-order valence-corrected chi connectivity index (χ0v) is 11.3. The van der Waals surface area contributed by atoms with Gasteiger partial charge in [0.1, 0.15) is 5.75 Å². The molecule has 0 aliphatic carbocycles. The van der Waals surface area contributed by atoms with Crippen molar-refractivity contribution in [3.8, 4) is 23.0 Å². The van der Waals surface area contributed by atoms with E-state index in [-0.39, 0.29) is 0 Å². The van der Waals surface area contributed by atoms with Crippen LogP contribution < -0.4 is 19.9 Å². The predicted molar refractivity (Wildman–Crippen MR) is 75.2 cm³/mol. The molecule has 0 radical (unpaired) electrons. The highest BCUT2D eigenvalue weighted by Gasteiger charge is 2.12. The van der Waals surface area contributed by atoms with Gasteiger partial charge in [-0.1, -0.05) is 6.07 Å². The highest BCUT2D eigenvalue weighted by Crippen LogP contribution is 2.40. The number of rotatable bonds is 4. The third-order valence-corrected chi connectivity index (χ3v) is 2.84. The van der Waals surface area contributed by atoms with E-state index in [0.29, 0.717) is 23.0 Å². The first-order valence-electron chi connectivity index (χ1n) is 5.90. The smallest absolute Gasteiger partial charge is 0.210 e. The Morgan fingerprint density at radius 1 is 0.947 bits per heavy atom. The summed E-state index contributed by atoms with van der Waals surface area (Å²) in [5.41, 5.74) is 7.49. The second-order valence-corrected chi connectivity index (χ2v) is 4.11. The number of methoxy groups -OCH3 is 2. The third kappa shape index (κ3) is 2.73. The van der Waals surface area contributed by atoms with E-state index in [2.05, 4.69) is 0 Å². The molecule has 0 saturated heterocycles. The Kier molecular flexibility index (Phi) is 3.80. The Hall–Kier alpha value is -2.36. The zero-order chi connectivity index (χ0) is 13.8. The average Bonchev–Trinajstić information content (AvgIpc) is 2.43. The van der Waals surface area contributed by atoms with Gasteiger partial charge in [0, 0.05) is 5.69 Å². The van der Waals surface area contributed by atoms with Crippen molar-refractivity contribution in [3.63, 3.8) is 0 Å². The van der Waals surface area contributed by atoms with Gasteiger partial charge in [-0.05, 0) is 42.8 Å². The zero-order valence-electron chi connectivity index (χ0n) is 11.3. The van der Waals surface area contributed by atoms with E-state index in [1.54, 1.807) is 14.2 Å². The number of anilines is 1. The van der Waals surface area contributed by atoms with Crippen molar-refractivity contribution in [3.05, 3.63) is 42.0 Å². The molecule has 0 aliphatic heterocycles. The van der Waals surface area contributed by atoms with Crippen molar-refractivity contribution in [1.29, 1.82) is 0 Å². The van der Waals surface area contributed by atoms with Crippen LogP contribution in [-0.4, -0.2) is 14.2 Å². The van der Waals surface area contributed by atoms with Gasteiger partial charge in [-0.15, -0.1) is 0 Å². The monoisotopic (exact) mass is 259 g/mol. The maximum atomic E-state index is 5.85. The number of nitrogen functional groups attached to an aromatic ring is 1. The highest BCUT2D eigenvalue weighted by atomic mass is 16.5. The van der Waals surface area contributed by atoms with Crippen LogP contribution in [0, 0.1) is 6.92 Å². The van der Waals surface area contributed by atoms with Crippen LogP contribution in [0.15, 0.2) is 36.4 Å². The lowest BCUT2D eigenvalue weighted by Gasteiger charge is -2.14. The Labute approximate surface area is 112 Å². The first kappa shape index (κ1) is 13.1. The minimum absolute atomic E-state index is 0.552. The number of hydrogen-bond donors (Lipinski definition) is 1. The molecule has 0 atom stereocenters. The lowest BCUT2D eigenvalue weighted by atomic mass is 10.2. The SMILES string of the molecule is COc1cccc(OC)c1Oc1ccc(N)c(C)c1. The normalized spacial score (nSPS) is 10.1. The molecule has 0 saturated carbocycles. The van der Waals surface area contributed by atoms with Gasteiger partial charge in [0.25, 0.3) is 0 Å². The quantitative estimate of drug-likeness (QED) is 0.855. The summed E-state index contributed by atoms with van der Waals surface area (Å²) in [6.45, 7) is 1.93. The maximum absolute atomic E-state index is 5.85. The van der Waals surface area contributed by atoms with Gasteiger partial charge in [0.05, 0.1) is 14.2 Å². The molecule has 0 bridgehead atoms. The second-order valence-electron chi connectivity index (χ2n) is 4.11. The standard InChI is InChI=1S/C15H17NO3/c1-10-9-11(7-8-12(10)16)19-15-13(17-2)5-4-6-14(15)18-3/h4-9H,16H2,1-3H3. The van der Waals surface area contributed by atoms with Crippen LogP contribution in [0.5, 0.6) is 23.0 Å². The summed E-state index contributed by atoms with van der Waals surface area (Å²) in [5.74, 6) is 2.48. The Balaban J connectivity index is 2.39. The summed E-state index contributed by atoms with van der Waals surface area (Å²) in [6, 6.07) is 11.0. The molecule has 2 aromatic rings. The summed E-state index contributed by atoms with van der Waals surface area (Å²) in [5, 5.41) is 0. The molecule has 4 nitrogen and oxygen atoms in total. The summed E-state index contributed by atoms with van der Waals surface area (Å²) >= 11 is 0. The van der Waals surface area contributed by atoms with Crippen molar-refractivity contribution in [2.75, 3.05) is 20.0 Å². The molecule has 2 aromatic carbocycles. The van der Waals surface area contributed by atoms with E-state index in [4.69, 9.17) is 19.9 Å². The second kappa shape index (κ2) is 5.52. The molecule has 0 unspecified atom stereocenters. The van der Waals surface area contributed by atoms with Gasteiger partial charge in [0.15, 0.2) is 11.5 Å². The van der Waals surface area contributed by atoms with E-state index in [9.17, 15) is 0 Å². The maximum Gasteiger partial charge on any atom is 0.210 e.